The van der Waals surface area contributed by atoms with Crippen LogP contribution in [-0.4, -0.2) is 74.9 Å². The molecule has 0 saturated carbocycles. The minimum atomic E-state index is -1.46. The molecule has 10 heteroatoms. The molecule has 0 bridgehead atoms. The number of fused-ring (bicyclic) bond motifs is 1. The fraction of sp³-hybridized carbons (Fsp3) is 0.267. The Morgan fingerprint density at radius 2 is 1.62 bits per heavy atom. The summed E-state index contributed by atoms with van der Waals surface area (Å²) in [5.41, 5.74) is 9.68. The largest absolute Gasteiger partial charge is 0.450 e. The van der Waals surface area contributed by atoms with Crippen LogP contribution >= 0.6 is 11.8 Å². The molecule has 40 heavy (non-hydrogen) atoms. The molecule has 0 radical (unpaired) electrons. The lowest BCUT2D eigenvalue weighted by atomic mass is 10.0. The number of esters is 1. The van der Waals surface area contributed by atoms with Gasteiger partial charge in [-0.1, -0.05) is 102 Å². The lowest BCUT2D eigenvalue weighted by Crippen LogP contribution is -2.65. The summed E-state index contributed by atoms with van der Waals surface area (Å²) < 4.78 is 6.25. The molecule has 3 atom stereocenters. The number of urea groups is 1. The lowest BCUT2D eigenvalue weighted by Gasteiger charge is -2.38. The lowest BCUT2D eigenvalue weighted by molar-refractivity contribution is -0.156. The van der Waals surface area contributed by atoms with Crippen molar-refractivity contribution in [2.45, 2.75) is 29.3 Å². The van der Waals surface area contributed by atoms with Crippen molar-refractivity contribution in [3.8, 4) is 0 Å². The number of carbonyl (C=O) groups excluding carboxylic acids is 3. The number of rotatable bonds is 7. The Morgan fingerprint density at radius 3 is 2.23 bits per heavy atom. The molecule has 0 aromatic heterocycles. The molecule has 3 aliphatic rings. The summed E-state index contributed by atoms with van der Waals surface area (Å²) in [6.45, 7) is 2.55. The second kappa shape index (κ2) is 10.4. The summed E-state index contributed by atoms with van der Waals surface area (Å²) in [4.78, 5) is 42.1. The van der Waals surface area contributed by atoms with Gasteiger partial charge in [-0.05, 0) is 23.6 Å². The number of benzene rings is 3. The molecule has 2 N–H and O–H groups in total. The summed E-state index contributed by atoms with van der Waals surface area (Å²) in [6, 6.07) is 25.6. The van der Waals surface area contributed by atoms with E-state index < -0.39 is 34.4 Å². The van der Waals surface area contributed by atoms with Gasteiger partial charge in [0.25, 0.3) is 0 Å². The van der Waals surface area contributed by atoms with Crippen LogP contribution in [0.5, 0.6) is 0 Å². The van der Waals surface area contributed by atoms with Crippen LogP contribution in [0.25, 0.3) is 0 Å². The Balaban J connectivity index is 1.30. The highest BCUT2D eigenvalue weighted by atomic mass is 32.2. The molecule has 3 fully saturated rings. The monoisotopic (exact) mass is 555 g/mol. The highest BCUT2D eigenvalue weighted by molar-refractivity contribution is 8.02. The second-order valence-electron chi connectivity index (χ2n) is 10.1. The van der Waals surface area contributed by atoms with E-state index in [2.05, 4.69) is 5.10 Å². The molecule has 0 aliphatic carbocycles. The molecular formula is C30H29N5O4S. The first kappa shape index (κ1) is 26.1. The molecular weight excluding hydrogens is 526 g/mol. The molecule has 0 unspecified atom stereocenters. The van der Waals surface area contributed by atoms with E-state index in [0.717, 1.165) is 22.3 Å². The highest BCUT2D eigenvalue weighted by Gasteiger charge is 2.66. The van der Waals surface area contributed by atoms with E-state index in [1.807, 2.05) is 91.9 Å². The first-order valence-electron chi connectivity index (χ1n) is 13.1. The fourth-order valence-electron chi connectivity index (χ4n) is 5.23. The van der Waals surface area contributed by atoms with Crippen LogP contribution in [0.3, 0.4) is 0 Å². The maximum Gasteiger partial charge on any atom is 0.345 e. The summed E-state index contributed by atoms with van der Waals surface area (Å²) in [5, 5.41) is 5.34. The predicted molar refractivity (Wildman–Crippen MR) is 152 cm³/mol. The Hall–Kier alpha value is -4.15. The van der Waals surface area contributed by atoms with Crippen molar-refractivity contribution in [2.75, 3.05) is 19.6 Å². The van der Waals surface area contributed by atoms with Gasteiger partial charge in [0.15, 0.2) is 6.10 Å². The zero-order valence-electron chi connectivity index (χ0n) is 21.9. The quantitative estimate of drug-likeness (QED) is 0.272. The molecule has 0 spiro atoms. The number of nitrogens with zero attached hydrogens (tertiary/aromatic N) is 4. The molecule has 3 heterocycles. The van der Waals surface area contributed by atoms with E-state index in [1.165, 1.54) is 21.7 Å². The van der Waals surface area contributed by atoms with E-state index in [4.69, 9.17) is 10.5 Å². The van der Waals surface area contributed by atoms with E-state index in [-0.39, 0.29) is 19.0 Å². The van der Waals surface area contributed by atoms with Crippen LogP contribution in [0.4, 0.5) is 4.79 Å². The Morgan fingerprint density at radius 1 is 1.00 bits per heavy atom. The fourth-order valence-corrected chi connectivity index (χ4v) is 6.86. The van der Waals surface area contributed by atoms with Gasteiger partial charge >= 0.3 is 12.0 Å². The number of hydrogen-bond donors (Lipinski definition) is 1. The van der Waals surface area contributed by atoms with Gasteiger partial charge in [-0.3, -0.25) is 9.69 Å². The number of carbonyl (C=O) groups is 3. The van der Waals surface area contributed by atoms with E-state index in [9.17, 15) is 14.4 Å². The number of nitrogens with two attached hydrogens (primary N) is 1. The van der Waals surface area contributed by atoms with E-state index in [1.54, 1.807) is 11.1 Å². The van der Waals surface area contributed by atoms with Gasteiger partial charge in [0.1, 0.15) is 11.4 Å². The summed E-state index contributed by atoms with van der Waals surface area (Å²) in [6.07, 6.45) is 0.930. The van der Waals surface area contributed by atoms with Crippen molar-refractivity contribution in [1.29, 1.82) is 0 Å². The predicted octanol–water partition coefficient (Wildman–Crippen LogP) is 3.34. The maximum absolute atomic E-state index is 14.2. The van der Waals surface area contributed by atoms with E-state index in [0.29, 0.717) is 6.54 Å². The van der Waals surface area contributed by atoms with Gasteiger partial charge in [0.05, 0.1) is 19.3 Å². The van der Waals surface area contributed by atoms with Crippen molar-refractivity contribution >= 4 is 35.9 Å². The Labute approximate surface area is 236 Å². The topological polar surface area (TPSA) is 109 Å². The van der Waals surface area contributed by atoms with Gasteiger partial charge in [-0.2, -0.15) is 5.10 Å². The molecule has 9 nitrogen and oxygen atoms in total. The number of thioether (sulfide) groups is 1. The van der Waals surface area contributed by atoms with Gasteiger partial charge in [-0.25, -0.2) is 14.6 Å². The molecule has 204 valence electrons. The van der Waals surface area contributed by atoms with Crippen LogP contribution in [0.1, 0.15) is 28.4 Å². The Kier molecular flexibility index (Phi) is 6.81. The molecule has 3 amide bonds. The van der Waals surface area contributed by atoms with Gasteiger partial charge in [-0.15, -0.1) is 0 Å². The van der Waals surface area contributed by atoms with Gasteiger partial charge in [0, 0.05) is 6.54 Å². The third-order valence-corrected chi connectivity index (χ3v) is 9.17. The van der Waals surface area contributed by atoms with Crippen LogP contribution in [0.15, 0.2) is 90.0 Å². The zero-order valence-corrected chi connectivity index (χ0v) is 22.7. The second-order valence-corrected chi connectivity index (χ2v) is 11.5. The van der Waals surface area contributed by atoms with Gasteiger partial charge in [0.2, 0.25) is 10.8 Å². The van der Waals surface area contributed by atoms with Crippen LogP contribution in [-0.2, 0) is 14.3 Å². The van der Waals surface area contributed by atoms with Gasteiger partial charge < -0.3 is 15.4 Å². The molecule has 6 rings (SSSR count). The highest BCUT2D eigenvalue weighted by Crippen LogP contribution is 2.50. The summed E-state index contributed by atoms with van der Waals surface area (Å²) >= 11 is 1.21. The number of hydrogen-bond acceptors (Lipinski definition) is 7. The number of aryl methyl sites for hydroxylation is 1. The minimum absolute atomic E-state index is 0.00521. The normalized spacial score (nSPS) is 24.1. The number of β-lactam (4-membered cyclic amide) rings is 1. The van der Waals surface area contributed by atoms with Crippen molar-refractivity contribution in [1.82, 2.24) is 14.8 Å². The van der Waals surface area contributed by atoms with Crippen molar-refractivity contribution < 1.29 is 19.1 Å². The number of hydrazone groups is 1. The number of ether oxygens (including phenoxy) is 1. The van der Waals surface area contributed by atoms with Crippen LogP contribution in [0.2, 0.25) is 0 Å². The SMILES string of the molecule is Cc1ccc(C=NN2CCN([C@]3(C(=O)OC(c4ccccc4)c4ccccc4)CN4C(=O)[C@@H](N)[C@H]4S3)C2=O)cc1. The first-order chi connectivity index (χ1) is 19.4. The Bertz CT molecular complexity index is 1410. The molecule has 3 aromatic rings. The third kappa shape index (κ3) is 4.52. The zero-order chi connectivity index (χ0) is 27.9. The summed E-state index contributed by atoms with van der Waals surface area (Å²) in [7, 11) is 0. The standard InChI is InChI=1S/C30H29N5O4S/c1-20-12-14-21(15-13-20)18-32-35-17-16-34(29(35)38)30(19-33-26(36)24(31)27(33)40-30)28(37)39-25(22-8-4-2-5-9-22)23-10-6-3-7-11-23/h2-15,18,24-25,27H,16-17,19,31H2,1H3/t24-,27-,30-/m1/s1. The molecule has 3 saturated heterocycles. The van der Waals surface area contributed by atoms with Crippen molar-refractivity contribution in [2.24, 2.45) is 10.8 Å². The average molecular weight is 556 g/mol. The maximum atomic E-state index is 14.2. The smallest absolute Gasteiger partial charge is 0.345 e. The third-order valence-electron chi connectivity index (χ3n) is 7.48. The first-order valence-corrected chi connectivity index (χ1v) is 14.0. The van der Waals surface area contributed by atoms with Crippen molar-refractivity contribution in [3.63, 3.8) is 0 Å². The van der Waals surface area contributed by atoms with Crippen LogP contribution in [0, 0.1) is 6.92 Å². The molecule has 3 aromatic carbocycles. The van der Waals surface area contributed by atoms with Crippen LogP contribution < -0.4 is 5.73 Å². The number of amides is 3. The summed E-state index contributed by atoms with van der Waals surface area (Å²) in [5.74, 6) is -0.835. The van der Waals surface area contributed by atoms with Crippen molar-refractivity contribution in [3.05, 3.63) is 107 Å². The van der Waals surface area contributed by atoms with E-state index >= 15 is 0 Å². The average Bonchev–Trinajstić information content (AvgIpc) is 3.55. The minimum Gasteiger partial charge on any atom is -0.450 e. The molecule has 3 aliphatic heterocycles.